The normalized spacial score (nSPS) is 21.0. The second kappa shape index (κ2) is 6.62. The lowest BCUT2D eigenvalue weighted by Crippen LogP contribution is -2.43. The Bertz CT molecular complexity index is 521. The first kappa shape index (κ1) is 16.0. The molecular weight excluding hydrogens is 274 g/mol. The third-order valence-corrected chi connectivity index (χ3v) is 4.41. The number of benzene rings is 1. The third-order valence-electron chi connectivity index (χ3n) is 4.41. The number of carbonyl (C=O) groups is 1. The first-order chi connectivity index (χ1) is 9.90. The van der Waals surface area contributed by atoms with Gasteiger partial charge in [-0.15, -0.1) is 0 Å². The molecule has 1 aromatic carbocycles. The molecule has 21 heavy (non-hydrogen) atoms. The fourth-order valence-corrected chi connectivity index (χ4v) is 2.79. The molecule has 0 N–H and O–H groups in total. The molecule has 1 aliphatic heterocycles. The molecule has 2 atom stereocenters. The molecule has 2 rings (SSSR count). The van der Waals surface area contributed by atoms with Gasteiger partial charge < -0.3 is 4.90 Å². The van der Waals surface area contributed by atoms with Crippen LogP contribution in [0, 0.1) is 11.6 Å². The quantitative estimate of drug-likeness (QED) is 0.780. The Morgan fingerprint density at radius 3 is 2.71 bits per heavy atom. The SMILES string of the molecule is CC(C(=O)c1ccc(F)c(F)c1)N(C)CC1CCCN1C. The summed E-state index contributed by atoms with van der Waals surface area (Å²) in [5.74, 6) is -2.09. The van der Waals surface area contributed by atoms with E-state index in [0.717, 1.165) is 31.6 Å². The molecule has 1 aliphatic rings. The van der Waals surface area contributed by atoms with Crippen molar-refractivity contribution in [2.75, 3.05) is 27.2 Å². The van der Waals surface area contributed by atoms with E-state index in [2.05, 4.69) is 11.9 Å². The van der Waals surface area contributed by atoms with Crippen LogP contribution < -0.4 is 0 Å². The van der Waals surface area contributed by atoms with Gasteiger partial charge in [-0.3, -0.25) is 9.69 Å². The maximum Gasteiger partial charge on any atom is 0.179 e. The number of likely N-dealkylation sites (tertiary alicyclic amines) is 1. The summed E-state index contributed by atoms with van der Waals surface area (Å²) in [6.45, 7) is 3.69. The van der Waals surface area contributed by atoms with Gasteiger partial charge in [-0.2, -0.15) is 0 Å². The zero-order valence-corrected chi connectivity index (χ0v) is 12.8. The standard InChI is InChI=1S/C16H22F2N2O/c1-11(20(3)10-13-5-4-8-19(13)2)16(21)12-6-7-14(17)15(18)9-12/h6-7,9,11,13H,4-5,8,10H2,1-3H3. The topological polar surface area (TPSA) is 23.6 Å². The van der Waals surface area contributed by atoms with E-state index in [-0.39, 0.29) is 17.4 Å². The minimum Gasteiger partial charge on any atom is -0.302 e. The number of halogens is 2. The van der Waals surface area contributed by atoms with Gasteiger partial charge in [0.05, 0.1) is 6.04 Å². The summed E-state index contributed by atoms with van der Waals surface area (Å²) < 4.78 is 26.2. The smallest absolute Gasteiger partial charge is 0.179 e. The largest absolute Gasteiger partial charge is 0.302 e. The number of hydrogen-bond donors (Lipinski definition) is 0. The first-order valence-electron chi connectivity index (χ1n) is 7.30. The summed E-state index contributed by atoms with van der Waals surface area (Å²) in [5.41, 5.74) is 0.216. The lowest BCUT2D eigenvalue weighted by Gasteiger charge is -2.29. The highest BCUT2D eigenvalue weighted by molar-refractivity contribution is 5.99. The molecule has 5 heteroatoms. The summed E-state index contributed by atoms with van der Waals surface area (Å²) in [6, 6.07) is 3.41. The van der Waals surface area contributed by atoms with Gasteiger partial charge in [0, 0.05) is 18.2 Å². The number of likely N-dealkylation sites (N-methyl/N-ethyl adjacent to an activating group) is 2. The van der Waals surface area contributed by atoms with Crippen molar-refractivity contribution in [1.82, 2.24) is 9.80 Å². The van der Waals surface area contributed by atoms with Crippen LogP contribution in [-0.4, -0.2) is 54.9 Å². The van der Waals surface area contributed by atoms with Gasteiger partial charge >= 0.3 is 0 Å². The number of ketones is 1. The molecule has 116 valence electrons. The minimum absolute atomic E-state index is 0.183. The minimum atomic E-state index is -0.980. The summed E-state index contributed by atoms with van der Waals surface area (Å²) in [6.07, 6.45) is 2.31. The molecule has 0 spiro atoms. The summed E-state index contributed by atoms with van der Waals surface area (Å²) in [5, 5.41) is 0. The number of hydrogen-bond acceptors (Lipinski definition) is 3. The van der Waals surface area contributed by atoms with Gasteiger partial charge in [0.15, 0.2) is 17.4 Å². The van der Waals surface area contributed by atoms with Gasteiger partial charge in [0.1, 0.15) is 0 Å². The molecule has 0 radical (unpaired) electrons. The molecule has 2 unspecified atom stereocenters. The van der Waals surface area contributed by atoms with Crippen molar-refractivity contribution in [1.29, 1.82) is 0 Å². The second-order valence-electron chi connectivity index (χ2n) is 5.89. The van der Waals surface area contributed by atoms with Crippen LogP contribution in [0.3, 0.4) is 0 Å². The van der Waals surface area contributed by atoms with Crippen LogP contribution in [0.25, 0.3) is 0 Å². The average molecular weight is 296 g/mol. The van der Waals surface area contributed by atoms with E-state index in [1.807, 2.05) is 11.9 Å². The van der Waals surface area contributed by atoms with Gasteiger partial charge in [-0.1, -0.05) is 0 Å². The van der Waals surface area contributed by atoms with E-state index in [0.29, 0.717) is 6.04 Å². The Kier molecular flexibility index (Phi) is 5.06. The molecule has 0 aromatic heterocycles. The molecule has 0 amide bonds. The van der Waals surface area contributed by atoms with Gasteiger partial charge in [-0.25, -0.2) is 8.78 Å². The number of rotatable bonds is 5. The van der Waals surface area contributed by atoms with E-state index in [4.69, 9.17) is 0 Å². The highest BCUT2D eigenvalue weighted by Gasteiger charge is 2.26. The van der Waals surface area contributed by atoms with Crippen molar-refractivity contribution in [2.24, 2.45) is 0 Å². The van der Waals surface area contributed by atoms with Crippen LogP contribution >= 0.6 is 0 Å². The molecule has 1 fully saturated rings. The molecule has 1 saturated heterocycles. The monoisotopic (exact) mass is 296 g/mol. The highest BCUT2D eigenvalue weighted by Crippen LogP contribution is 2.18. The van der Waals surface area contributed by atoms with Crippen LogP contribution in [0.15, 0.2) is 18.2 Å². The van der Waals surface area contributed by atoms with Crippen LogP contribution in [0.1, 0.15) is 30.1 Å². The molecule has 3 nitrogen and oxygen atoms in total. The fourth-order valence-electron chi connectivity index (χ4n) is 2.79. The fraction of sp³-hybridized carbons (Fsp3) is 0.562. The van der Waals surface area contributed by atoms with Gasteiger partial charge in [-0.05, 0) is 58.6 Å². The molecular formula is C16H22F2N2O. The van der Waals surface area contributed by atoms with Crippen LogP contribution in [-0.2, 0) is 0 Å². The lowest BCUT2D eigenvalue weighted by atomic mass is 10.0. The van der Waals surface area contributed by atoms with Crippen molar-refractivity contribution in [2.45, 2.75) is 31.8 Å². The van der Waals surface area contributed by atoms with E-state index in [1.54, 1.807) is 6.92 Å². The molecule has 1 aromatic rings. The third kappa shape index (κ3) is 3.66. The lowest BCUT2D eigenvalue weighted by molar-refractivity contribution is 0.0842. The Balaban J connectivity index is 2.02. The maximum atomic E-state index is 13.2. The number of nitrogens with zero attached hydrogens (tertiary/aromatic N) is 2. The van der Waals surface area contributed by atoms with E-state index < -0.39 is 11.6 Å². The zero-order valence-electron chi connectivity index (χ0n) is 12.8. The van der Waals surface area contributed by atoms with Crippen molar-refractivity contribution in [3.63, 3.8) is 0 Å². The van der Waals surface area contributed by atoms with Crippen LogP contribution in [0.2, 0.25) is 0 Å². The highest BCUT2D eigenvalue weighted by atomic mass is 19.2. The maximum absolute atomic E-state index is 13.2. The predicted octanol–water partition coefficient (Wildman–Crippen LogP) is 2.56. The van der Waals surface area contributed by atoms with E-state index in [1.165, 1.54) is 12.5 Å². The molecule has 0 bridgehead atoms. The van der Waals surface area contributed by atoms with Crippen molar-refractivity contribution < 1.29 is 13.6 Å². The summed E-state index contributed by atoms with van der Waals surface area (Å²) in [4.78, 5) is 16.6. The second-order valence-corrected chi connectivity index (χ2v) is 5.89. The molecule has 0 saturated carbocycles. The van der Waals surface area contributed by atoms with E-state index >= 15 is 0 Å². The predicted molar refractivity (Wildman–Crippen MR) is 78.4 cm³/mol. The molecule has 0 aliphatic carbocycles. The Morgan fingerprint density at radius 2 is 2.14 bits per heavy atom. The van der Waals surface area contributed by atoms with Gasteiger partial charge in [0.2, 0.25) is 0 Å². The van der Waals surface area contributed by atoms with Crippen molar-refractivity contribution in [3.8, 4) is 0 Å². The van der Waals surface area contributed by atoms with Crippen molar-refractivity contribution >= 4 is 5.78 Å². The zero-order chi connectivity index (χ0) is 15.6. The molecule has 1 heterocycles. The van der Waals surface area contributed by atoms with E-state index in [9.17, 15) is 13.6 Å². The Hall–Kier alpha value is -1.33. The Morgan fingerprint density at radius 1 is 1.43 bits per heavy atom. The van der Waals surface area contributed by atoms with Crippen LogP contribution in [0.5, 0.6) is 0 Å². The Labute approximate surface area is 124 Å². The first-order valence-corrected chi connectivity index (χ1v) is 7.30. The summed E-state index contributed by atoms with van der Waals surface area (Å²) in [7, 11) is 3.99. The number of Topliss-reactive ketones (excluding diaryl/α,β-unsaturated/α-hetero) is 1. The van der Waals surface area contributed by atoms with Crippen molar-refractivity contribution in [3.05, 3.63) is 35.4 Å². The number of carbonyl (C=O) groups excluding carboxylic acids is 1. The summed E-state index contributed by atoms with van der Waals surface area (Å²) >= 11 is 0. The average Bonchev–Trinajstić information content (AvgIpc) is 2.85. The van der Waals surface area contributed by atoms with Crippen LogP contribution in [0.4, 0.5) is 8.78 Å². The van der Waals surface area contributed by atoms with Gasteiger partial charge in [0.25, 0.3) is 0 Å².